The van der Waals surface area contributed by atoms with Crippen molar-refractivity contribution in [2.24, 2.45) is 5.92 Å². The maximum absolute atomic E-state index is 12.9. The Morgan fingerprint density at radius 2 is 1.91 bits per heavy atom. The zero-order valence-electron chi connectivity index (χ0n) is 23.9. The van der Waals surface area contributed by atoms with Gasteiger partial charge in [0, 0.05) is 49.6 Å². The predicted octanol–water partition coefficient (Wildman–Crippen LogP) is 3.11. The number of likely N-dealkylation sites (N-methyl/N-ethyl adjacent to an activating group) is 1. The Morgan fingerprint density at radius 1 is 1.09 bits per heavy atom. The number of ether oxygens (including phenoxy) is 1. The van der Waals surface area contributed by atoms with E-state index in [1.54, 1.807) is 25.4 Å². The molecule has 4 aromatic heterocycles. The molecular formula is C29H30N10O4. The number of carbonyl (C=O) groups excluding carboxylic acids is 3. The molecule has 0 radical (unpaired) electrons. The number of pyridine rings is 1. The summed E-state index contributed by atoms with van der Waals surface area (Å²) < 4.78 is 7.09. The van der Waals surface area contributed by atoms with E-state index in [0.717, 1.165) is 29.0 Å². The molecule has 14 nitrogen and oxygen atoms in total. The van der Waals surface area contributed by atoms with Crippen molar-refractivity contribution >= 4 is 40.8 Å². The molecule has 14 heteroatoms. The molecule has 1 aliphatic heterocycles. The van der Waals surface area contributed by atoms with E-state index in [-0.39, 0.29) is 42.3 Å². The second-order valence-corrected chi connectivity index (χ2v) is 11.2. The zero-order chi connectivity index (χ0) is 29.8. The monoisotopic (exact) mass is 582 g/mol. The Bertz CT molecular complexity index is 1770. The molecule has 0 aromatic carbocycles. The van der Waals surface area contributed by atoms with Crippen LogP contribution in [0.3, 0.4) is 0 Å². The molecule has 7 rings (SSSR count). The number of methoxy groups -OCH3 is 1. The minimum absolute atomic E-state index is 0.0152. The van der Waals surface area contributed by atoms with Gasteiger partial charge in [0.2, 0.25) is 17.7 Å². The lowest BCUT2D eigenvalue weighted by Gasteiger charge is -2.17. The van der Waals surface area contributed by atoms with Crippen LogP contribution in [0.4, 0.5) is 22.1 Å². The first kappa shape index (κ1) is 26.7. The largest absolute Gasteiger partial charge is 0.481 e. The molecule has 3 fully saturated rings. The van der Waals surface area contributed by atoms with Crippen molar-refractivity contribution in [3.8, 4) is 5.88 Å². The number of carbonyl (C=O) groups is 3. The summed E-state index contributed by atoms with van der Waals surface area (Å²) in [7, 11) is 3.03. The number of aromatic nitrogens is 6. The Morgan fingerprint density at radius 3 is 2.65 bits per heavy atom. The molecule has 3 aliphatic rings. The number of imidazole rings is 1. The van der Waals surface area contributed by atoms with Crippen LogP contribution in [0.25, 0.3) is 5.65 Å². The van der Waals surface area contributed by atoms with E-state index in [1.807, 2.05) is 29.8 Å². The van der Waals surface area contributed by atoms with Crippen molar-refractivity contribution in [2.45, 2.75) is 44.1 Å². The summed E-state index contributed by atoms with van der Waals surface area (Å²) in [6.45, 7) is 1.93. The van der Waals surface area contributed by atoms with Crippen molar-refractivity contribution in [2.75, 3.05) is 36.2 Å². The highest BCUT2D eigenvalue weighted by Gasteiger charge is 2.46. The average molecular weight is 583 g/mol. The lowest BCUT2D eigenvalue weighted by atomic mass is 10.1. The fourth-order valence-electron chi connectivity index (χ4n) is 5.39. The highest BCUT2D eigenvalue weighted by molar-refractivity contribution is 6.13. The maximum Gasteiger partial charge on any atom is 0.331 e. The van der Waals surface area contributed by atoms with Crippen LogP contribution in [0.1, 0.15) is 61.1 Å². The highest BCUT2D eigenvalue weighted by atomic mass is 16.5. The number of fused-ring (bicyclic) bond motifs is 1. The number of rotatable bonds is 9. The Labute approximate surface area is 246 Å². The van der Waals surface area contributed by atoms with Gasteiger partial charge < -0.3 is 19.8 Å². The molecule has 43 heavy (non-hydrogen) atoms. The van der Waals surface area contributed by atoms with Gasteiger partial charge in [0.25, 0.3) is 0 Å². The number of anilines is 3. The van der Waals surface area contributed by atoms with Gasteiger partial charge in [-0.3, -0.25) is 19.4 Å². The fraction of sp³-hybridized carbons (Fsp3) is 0.379. The Kier molecular flexibility index (Phi) is 6.40. The van der Waals surface area contributed by atoms with Crippen LogP contribution in [0.15, 0.2) is 43.1 Å². The Balaban J connectivity index is 1.07. The molecule has 2 saturated carbocycles. The van der Waals surface area contributed by atoms with Crippen LogP contribution >= 0.6 is 0 Å². The van der Waals surface area contributed by atoms with Gasteiger partial charge in [-0.1, -0.05) is 0 Å². The fourth-order valence-corrected chi connectivity index (χ4v) is 5.39. The van der Waals surface area contributed by atoms with Gasteiger partial charge in [-0.25, -0.2) is 24.7 Å². The summed E-state index contributed by atoms with van der Waals surface area (Å²) in [6.07, 6.45) is 9.83. The number of hydrogen-bond acceptors (Lipinski definition) is 10. The maximum atomic E-state index is 12.9. The summed E-state index contributed by atoms with van der Waals surface area (Å²) in [5.41, 5.74) is 3.06. The summed E-state index contributed by atoms with van der Waals surface area (Å²) in [5.74, 6) is 1.67. The van der Waals surface area contributed by atoms with Gasteiger partial charge >= 0.3 is 6.03 Å². The smallest absolute Gasteiger partial charge is 0.331 e. The molecule has 5 heterocycles. The molecule has 3 atom stereocenters. The molecule has 0 spiro atoms. The van der Waals surface area contributed by atoms with E-state index < -0.39 is 0 Å². The van der Waals surface area contributed by atoms with Crippen LogP contribution in [0, 0.1) is 5.92 Å². The summed E-state index contributed by atoms with van der Waals surface area (Å²) in [4.78, 5) is 62.7. The molecule has 2 aliphatic carbocycles. The molecule has 2 N–H and O–H groups in total. The van der Waals surface area contributed by atoms with Crippen LogP contribution in [0.2, 0.25) is 0 Å². The van der Waals surface area contributed by atoms with E-state index in [4.69, 9.17) is 9.72 Å². The van der Waals surface area contributed by atoms with Gasteiger partial charge in [0.05, 0.1) is 24.5 Å². The first-order chi connectivity index (χ1) is 20.8. The average Bonchev–Trinajstić information content (AvgIpc) is 3.94. The van der Waals surface area contributed by atoms with Crippen molar-refractivity contribution < 1.29 is 19.1 Å². The number of nitrogens with one attached hydrogen (secondary N) is 2. The van der Waals surface area contributed by atoms with E-state index in [2.05, 4.69) is 30.6 Å². The Hall–Kier alpha value is -5.14. The first-order valence-electron chi connectivity index (χ1n) is 14.2. The predicted molar refractivity (Wildman–Crippen MR) is 155 cm³/mol. The van der Waals surface area contributed by atoms with Crippen molar-refractivity contribution in [1.82, 2.24) is 34.2 Å². The minimum Gasteiger partial charge on any atom is -0.481 e. The van der Waals surface area contributed by atoms with Crippen LogP contribution < -0.4 is 20.3 Å². The third kappa shape index (κ3) is 5.08. The SMILES string of the molecule is COc1ccnc([C@H]2C[C@@H]2C(=O)Nc2cc(N[C@H](C)c3cn4cc(C5CC5)cc(N5CC(=O)N(C)C5=O)c4n3)ncn2)n1. The topological polar surface area (TPSA) is 160 Å². The van der Waals surface area contributed by atoms with Crippen LogP contribution in [0.5, 0.6) is 5.88 Å². The number of hydrogen-bond donors (Lipinski definition) is 2. The number of urea groups is 1. The van der Waals surface area contributed by atoms with E-state index in [1.165, 1.54) is 18.3 Å². The van der Waals surface area contributed by atoms with Gasteiger partial charge in [0.15, 0.2) is 5.65 Å². The number of amides is 4. The molecule has 0 unspecified atom stereocenters. The van der Waals surface area contributed by atoms with E-state index >= 15 is 0 Å². The van der Waals surface area contributed by atoms with E-state index in [9.17, 15) is 14.4 Å². The third-order valence-electron chi connectivity index (χ3n) is 8.14. The number of imide groups is 1. The number of nitrogens with zero attached hydrogens (tertiary/aromatic N) is 8. The normalized spacial score (nSPS) is 20.4. The summed E-state index contributed by atoms with van der Waals surface area (Å²) >= 11 is 0. The molecular weight excluding hydrogens is 552 g/mol. The quantitative estimate of drug-likeness (QED) is 0.281. The lowest BCUT2D eigenvalue weighted by Crippen LogP contribution is -2.30. The van der Waals surface area contributed by atoms with E-state index in [0.29, 0.717) is 47.0 Å². The molecule has 4 amide bonds. The molecule has 1 saturated heterocycles. The molecule has 220 valence electrons. The standard InChI is InChI=1S/C29H30N10O4/c1-15(20-12-38-11-17(16-4-5-16)8-21(27(38)34-20)39-13-25(40)37(2)29(39)42)33-22-10-23(32-14-31-22)35-28(41)19-9-18(19)26-30-7-6-24(36-26)43-3/h6-8,10-12,14-16,18-19H,4-5,9,13H2,1-3H3,(H2,31,32,33,35,41)/t15-,18+,19+/m1/s1. The van der Waals surface area contributed by atoms with Gasteiger partial charge in [-0.05, 0) is 43.7 Å². The lowest BCUT2D eigenvalue weighted by molar-refractivity contribution is -0.124. The van der Waals surface area contributed by atoms with Gasteiger partial charge in [-0.2, -0.15) is 4.98 Å². The summed E-state index contributed by atoms with van der Waals surface area (Å²) in [5, 5.41) is 6.21. The van der Waals surface area contributed by atoms with Gasteiger partial charge in [0.1, 0.15) is 30.3 Å². The molecule has 4 aromatic rings. The second kappa shape index (κ2) is 10.3. The van der Waals surface area contributed by atoms with Crippen molar-refractivity contribution in [3.63, 3.8) is 0 Å². The van der Waals surface area contributed by atoms with Crippen LogP contribution in [-0.2, 0) is 9.59 Å². The van der Waals surface area contributed by atoms with Crippen LogP contribution in [-0.4, -0.2) is 72.8 Å². The first-order valence-corrected chi connectivity index (χ1v) is 14.2. The summed E-state index contributed by atoms with van der Waals surface area (Å²) in [6, 6.07) is 4.69. The zero-order valence-corrected chi connectivity index (χ0v) is 23.9. The van der Waals surface area contributed by atoms with Crippen molar-refractivity contribution in [1.29, 1.82) is 0 Å². The minimum atomic E-state index is -0.361. The molecule has 0 bridgehead atoms. The highest BCUT2D eigenvalue weighted by Crippen LogP contribution is 2.47. The third-order valence-corrected chi connectivity index (χ3v) is 8.14. The van der Waals surface area contributed by atoms with Crippen molar-refractivity contribution in [3.05, 3.63) is 60.2 Å². The second-order valence-electron chi connectivity index (χ2n) is 11.2. The van der Waals surface area contributed by atoms with Gasteiger partial charge in [-0.15, -0.1) is 0 Å².